The third kappa shape index (κ3) is 5.48. The number of rotatable bonds is 4. The van der Waals surface area contributed by atoms with Crippen molar-refractivity contribution in [3.8, 4) is 5.75 Å². The second-order valence-corrected chi connectivity index (χ2v) is 9.84. The van der Waals surface area contributed by atoms with Crippen molar-refractivity contribution in [1.82, 2.24) is 9.80 Å². The van der Waals surface area contributed by atoms with E-state index in [9.17, 15) is 19.1 Å². The lowest BCUT2D eigenvalue weighted by Crippen LogP contribution is -2.44. The summed E-state index contributed by atoms with van der Waals surface area (Å²) in [5, 5.41) is 10.6. The van der Waals surface area contributed by atoms with Gasteiger partial charge in [0.2, 0.25) is 5.91 Å². The summed E-state index contributed by atoms with van der Waals surface area (Å²) in [6.45, 7) is 0.770. The normalized spacial score (nSPS) is 24.7. The van der Waals surface area contributed by atoms with Crippen LogP contribution in [0.4, 0.5) is 9.18 Å². The van der Waals surface area contributed by atoms with Crippen LogP contribution in [0.3, 0.4) is 0 Å². The zero-order valence-corrected chi connectivity index (χ0v) is 20.3. The van der Waals surface area contributed by atoms with Crippen LogP contribution in [0, 0.1) is 11.7 Å². The van der Waals surface area contributed by atoms with Gasteiger partial charge < -0.3 is 19.6 Å². The molecule has 2 aromatic carbocycles. The number of aliphatic hydroxyl groups excluding tert-OH is 1. The van der Waals surface area contributed by atoms with Gasteiger partial charge in [0.1, 0.15) is 11.6 Å². The molecule has 6 nitrogen and oxygen atoms in total. The van der Waals surface area contributed by atoms with E-state index in [1.807, 2.05) is 6.07 Å². The molecule has 2 amide bonds. The summed E-state index contributed by atoms with van der Waals surface area (Å²) in [6, 6.07) is 10.2. The Morgan fingerprint density at radius 2 is 1.71 bits per heavy atom. The van der Waals surface area contributed by atoms with Crippen LogP contribution in [-0.4, -0.2) is 59.2 Å². The van der Waals surface area contributed by atoms with Crippen molar-refractivity contribution in [3.05, 3.63) is 63.9 Å². The van der Waals surface area contributed by atoms with Crippen molar-refractivity contribution < 1.29 is 23.8 Å². The van der Waals surface area contributed by atoms with E-state index < -0.39 is 11.9 Å². The van der Waals surface area contributed by atoms with Crippen LogP contribution in [0.1, 0.15) is 37.2 Å². The zero-order valence-electron chi connectivity index (χ0n) is 18.8. The van der Waals surface area contributed by atoms with Crippen LogP contribution in [0.5, 0.6) is 5.75 Å². The van der Waals surface area contributed by atoms with Gasteiger partial charge in [0.25, 0.3) is 0 Å². The molecule has 182 valence electrons. The van der Waals surface area contributed by atoms with Gasteiger partial charge in [0.05, 0.1) is 22.2 Å². The van der Waals surface area contributed by atoms with Crippen molar-refractivity contribution in [3.63, 3.8) is 0 Å². The Balaban J connectivity index is 1.54. The number of benzene rings is 2. The topological polar surface area (TPSA) is 70.1 Å². The van der Waals surface area contributed by atoms with E-state index in [0.717, 1.165) is 5.56 Å². The molecule has 1 saturated heterocycles. The molecule has 9 heteroatoms. The largest absolute Gasteiger partial charge is 0.415 e. The molecule has 1 N–H and O–H groups in total. The summed E-state index contributed by atoms with van der Waals surface area (Å²) in [4.78, 5) is 29.5. The number of nitrogens with zero attached hydrogens (tertiary/aromatic N) is 2. The Kier molecular flexibility index (Phi) is 7.65. The summed E-state index contributed by atoms with van der Waals surface area (Å²) in [7, 11) is 1.63. The summed E-state index contributed by atoms with van der Waals surface area (Å²) < 4.78 is 18.6. The minimum Gasteiger partial charge on any atom is -0.410 e. The van der Waals surface area contributed by atoms with Crippen LogP contribution in [0.2, 0.25) is 10.0 Å². The third-order valence-corrected chi connectivity index (χ3v) is 7.56. The summed E-state index contributed by atoms with van der Waals surface area (Å²) in [5.41, 5.74) is 0.871. The number of carbonyl (C=O) groups is 2. The third-order valence-electron chi connectivity index (χ3n) is 6.82. The van der Waals surface area contributed by atoms with E-state index in [4.69, 9.17) is 27.9 Å². The molecule has 0 bridgehead atoms. The molecule has 4 rings (SSSR count). The van der Waals surface area contributed by atoms with E-state index >= 15 is 0 Å². The number of hydrogen-bond acceptors (Lipinski definition) is 4. The molecule has 1 aliphatic heterocycles. The van der Waals surface area contributed by atoms with E-state index in [0.29, 0.717) is 48.8 Å². The molecule has 1 heterocycles. The number of halogens is 3. The van der Waals surface area contributed by atoms with Crippen LogP contribution in [0.15, 0.2) is 42.5 Å². The van der Waals surface area contributed by atoms with Crippen LogP contribution in [0.25, 0.3) is 0 Å². The summed E-state index contributed by atoms with van der Waals surface area (Å²) in [5.74, 6) is -0.476. The Morgan fingerprint density at radius 3 is 2.35 bits per heavy atom. The zero-order chi connectivity index (χ0) is 24.4. The number of likely N-dealkylation sites (tertiary alicyclic amines) is 1. The predicted molar refractivity (Wildman–Crippen MR) is 128 cm³/mol. The Bertz CT molecular complexity index is 1040. The second-order valence-electron chi connectivity index (χ2n) is 9.03. The summed E-state index contributed by atoms with van der Waals surface area (Å²) >= 11 is 12.4. The van der Waals surface area contributed by atoms with Gasteiger partial charge in [-0.15, -0.1) is 0 Å². The maximum atomic E-state index is 13.3. The lowest BCUT2D eigenvalue weighted by Gasteiger charge is -2.29. The minimum atomic E-state index is -0.600. The smallest absolute Gasteiger partial charge is 0.410 e. The quantitative estimate of drug-likeness (QED) is 0.622. The van der Waals surface area contributed by atoms with E-state index in [2.05, 4.69) is 0 Å². The first-order valence-corrected chi connectivity index (χ1v) is 12.1. The molecular weight excluding hydrogens is 482 g/mol. The van der Waals surface area contributed by atoms with Gasteiger partial charge in [-0.3, -0.25) is 4.79 Å². The number of ether oxygens (including phenoxy) is 1. The highest BCUT2D eigenvalue weighted by Gasteiger charge is 2.42. The second kappa shape index (κ2) is 10.5. The first-order chi connectivity index (χ1) is 16.2. The van der Waals surface area contributed by atoms with E-state index in [1.54, 1.807) is 24.1 Å². The van der Waals surface area contributed by atoms with Crippen molar-refractivity contribution in [2.75, 3.05) is 20.1 Å². The average Bonchev–Trinajstić information content (AvgIpc) is 3.27. The Labute approximate surface area is 208 Å². The average molecular weight is 509 g/mol. The minimum absolute atomic E-state index is 0.0414. The van der Waals surface area contributed by atoms with Crippen molar-refractivity contribution in [1.29, 1.82) is 0 Å². The molecule has 2 fully saturated rings. The van der Waals surface area contributed by atoms with Gasteiger partial charge >= 0.3 is 6.09 Å². The highest BCUT2D eigenvalue weighted by atomic mass is 35.5. The monoisotopic (exact) mass is 508 g/mol. The van der Waals surface area contributed by atoms with Crippen molar-refractivity contribution in [2.45, 2.75) is 43.7 Å². The van der Waals surface area contributed by atoms with E-state index in [-0.39, 0.29) is 35.6 Å². The van der Waals surface area contributed by atoms with Crippen LogP contribution >= 0.6 is 23.2 Å². The summed E-state index contributed by atoms with van der Waals surface area (Å²) in [6.07, 6.45) is 1.60. The number of hydrogen-bond donors (Lipinski definition) is 1. The number of carbonyl (C=O) groups excluding carboxylic acids is 2. The molecule has 2 aromatic rings. The van der Waals surface area contributed by atoms with Crippen molar-refractivity contribution >= 4 is 35.2 Å². The molecule has 0 aromatic heterocycles. The molecule has 2 atom stereocenters. The fourth-order valence-electron chi connectivity index (χ4n) is 4.82. The van der Waals surface area contributed by atoms with Gasteiger partial charge in [0, 0.05) is 32.0 Å². The number of aliphatic hydroxyl groups is 1. The fraction of sp³-hybridized carbons (Fsp3) is 0.440. The van der Waals surface area contributed by atoms with Gasteiger partial charge in [-0.25, -0.2) is 9.18 Å². The van der Waals surface area contributed by atoms with Crippen LogP contribution in [-0.2, 0) is 4.79 Å². The van der Waals surface area contributed by atoms with Crippen molar-refractivity contribution in [2.24, 2.45) is 5.92 Å². The van der Waals surface area contributed by atoms with Gasteiger partial charge in [-0.05, 0) is 67.6 Å². The molecule has 1 aliphatic carbocycles. The standard InChI is InChI=1S/C25H27Cl2FN2O4/c1-29(25(33)34-19-9-5-17(28)6-10-19)23-14-30(24(32)15-2-7-18(31)8-3-15)13-20(23)16-4-11-21(26)22(27)12-16/h4-6,9-12,15,18,20,23,31H,2-3,7-8,13-14H2,1H3/t15-,18+,20-,23+/m1/s1. The molecule has 0 unspecified atom stereocenters. The lowest BCUT2D eigenvalue weighted by molar-refractivity contribution is -0.136. The van der Waals surface area contributed by atoms with E-state index in [1.165, 1.54) is 29.2 Å². The number of amides is 2. The number of likely N-dealkylation sites (N-methyl/N-ethyl adjacent to an activating group) is 1. The SMILES string of the molecule is CN(C(=O)Oc1ccc(F)cc1)[C@H]1CN(C(=O)[C@H]2CC[C@@H](O)CC2)C[C@@H]1c1ccc(Cl)c(Cl)c1. The van der Waals surface area contributed by atoms with Gasteiger partial charge in [-0.2, -0.15) is 0 Å². The highest BCUT2D eigenvalue weighted by molar-refractivity contribution is 6.42. The maximum Gasteiger partial charge on any atom is 0.415 e. The van der Waals surface area contributed by atoms with Gasteiger partial charge in [0.15, 0.2) is 0 Å². The molecule has 34 heavy (non-hydrogen) atoms. The van der Waals surface area contributed by atoms with Gasteiger partial charge in [-0.1, -0.05) is 29.3 Å². The first-order valence-electron chi connectivity index (χ1n) is 11.3. The molecule has 0 radical (unpaired) electrons. The predicted octanol–water partition coefficient (Wildman–Crippen LogP) is 5.11. The lowest BCUT2D eigenvalue weighted by atomic mass is 9.86. The molecule has 0 spiro atoms. The Morgan fingerprint density at radius 1 is 1.03 bits per heavy atom. The maximum absolute atomic E-state index is 13.3. The highest BCUT2D eigenvalue weighted by Crippen LogP contribution is 2.36. The Hall–Kier alpha value is -2.35. The molecular formula is C25H27Cl2FN2O4. The molecule has 2 aliphatic rings. The molecule has 1 saturated carbocycles. The van der Waals surface area contributed by atoms with Crippen LogP contribution < -0.4 is 4.74 Å². The first kappa shape index (κ1) is 24.8. The fourth-order valence-corrected chi connectivity index (χ4v) is 5.13.